The minimum Gasteiger partial charge on any atom is -0.363 e. The summed E-state index contributed by atoms with van der Waals surface area (Å²) in [6.07, 6.45) is 3.34. The predicted octanol–water partition coefficient (Wildman–Crippen LogP) is 1.22. The predicted molar refractivity (Wildman–Crippen MR) is 101 cm³/mol. The molecule has 28 heavy (non-hydrogen) atoms. The molecule has 2 aromatic rings. The molecule has 148 valence electrons. The summed E-state index contributed by atoms with van der Waals surface area (Å²) in [4.78, 5) is 32.0. The summed E-state index contributed by atoms with van der Waals surface area (Å²) in [7, 11) is 0. The molecular weight excluding hydrogens is 358 g/mol. The molecule has 0 unspecified atom stereocenters. The first-order valence-electron chi connectivity index (χ1n) is 9.78. The maximum atomic E-state index is 12.5. The largest absolute Gasteiger partial charge is 0.363 e. The molecule has 2 fully saturated rings. The molecule has 2 atom stereocenters. The SMILES string of the molecule is NC(=O)c1noc(CN2CC[C@@H]3[C@@H](CCC(=O)N3CCc3ccccc3)C2)n1. The van der Waals surface area contributed by atoms with E-state index in [4.69, 9.17) is 10.3 Å². The second-order valence-corrected chi connectivity index (χ2v) is 7.59. The number of nitrogens with zero attached hydrogens (tertiary/aromatic N) is 4. The van der Waals surface area contributed by atoms with E-state index in [1.54, 1.807) is 0 Å². The van der Waals surface area contributed by atoms with E-state index in [1.165, 1.54) is 5.56 Å². The number of nitrogens with two attached hydrogens (primary N) is 1. The van der Waals surface area contributed by atoms with Crippen molar-refractivity contribution in [3.05, 3.63) is 47.6 Å². The summed E-state index contributed by atoms with van der Waals surface area (Å²) in [5, 5.41) is 3.60. The number of carbonyl (C=O) groups excluding carboxylic acids is 2. The van der Waals surface area contributed by atoms with E-state index in [9.17, 15) is 9.59 Å². The van der Waals surface area contributed by atoms with E-state index in [-0.39, 0.29) is 11.7 Å². The van der Waals surface area contributed by atoms with Gasteiger partial charge < -0.3 is 15.2 Å². The standard InChI is InChI=1S/C20H25N5O3/c21-19(27)20-22-17(28-23-20)13-24-10-9-16-15(12-24)6-7-18(26)25(16)11-8-14-4-2-1-3-5-14/h1-5,15-16H,6-13H2,(H2,21,27)/t15-,16+/m0/s1. The highest BCUT2D eigenvalue weighted by molar-refractivity contribution is 5.88. The van der Waals surface area contributed by atoms with Crippen LogP contribution in [0.4, 0.5) is 0 Å². The third-order valence-electron chi connectivity index (χ3n) is 5.76. The molecule has 8 nitrogen and oxygen atoms in total. The number of hydrogen-bond donors (Lipinski definition) is 1. The number of benzene rings is 1. The quantitative estimate of drug-likeness (QED) is 0.804. The van der Waals surface area contributed by atoms with Gasteiger partial charge >= 0.3 is 0 Å². The second kappa shape index (κ2) is 8.10. The number of carbonyl (C=O) groups is 2. The third kappa shape index (κ3) is 4.06. The van der Waals surface area contributed by atoms with Crippen molar-refractivity contribution in [2.24, 2.45) is 11.7 Å². The van der Waals surface area contributed by atoms with Crippen molar-refractivity contribution in [1.29, 1.82) is 0 Å². The van der Waals surface area contributed by atoms with E-state index in [0.29, 0.717) is 30.8 Å². The zero-order valence-corrected chi connectivity index (χ0v) is 15.8. The molecule has 0 aliphatic carbocycles. The Labute approximate surface area is 163 Å². The number of fused-ring (bicyclic) bond motifs is 1. The monoisotopic (exact) mass is 383 g/mol. The first kappa shape index (κ1) is 18.6. The van der Waals surface area contributed by atoms with Gasteiger partial charge in [-0.25, -0.2) is 0 Å². The summed E-state index contributed by atoms with van der Waals surface area (Å²) in [6.45, 7) is 3.01. The number of primary amides is 1. The molecule has 0 saturated carbocycles. The highest BCUT2D eigenvalue weighted by Crippen LogP contribution is 2.32. The highest BCUT2D eigenvalue weighted by Gasteiger charge is 2.39. The van der Waals surface area contributed by atoms with Crippen LogP contribution in [0.2, 0.25) is 0 Å². The minimum atomic E-state index is -0.687. The van der Waals surface area contributed by atoms with Gasteiger partial charge in [0, 0.05) is 32.1 Å². The molecule has 2 aliphatic rings. The molecule has 4 rings (SSSR count). The molecule has 2 amide bonds. The van der Waals surface area contributed by atoms with Crippen molar-refractivity contribution < 1.29 is 14.1 Å². The Morgan fingerprint density at radius 2 is 2.07 bits per heavy atom. The Kier molecular flexibility index (Phi) is 5.38. The Morgan fingerprint density at radius 1 is 1.25 bits per heavy atom. The average molecular weight is 383 g/mol. The van der Waals surface area contributed by atoms with Crippen molar-refractivity contribution in [2.45, 2.75) is 38.3 Å². The van der Waals surface area contributed by atoms with Crippen LogP contribution < -0.4 is 5.73 Å². The fourth-order valence-electron chi connectivity index (χ4n) is 4.37. The van der Waals surface area contributed by atoms with Gasteiger partial charge in [-0.1, -0.05) is 35.5 Å². The maximum Gasteiger partial charge on any atom is 0.290 e. The molecule has 1 aromatic heterocycles. The van der Waals surface area contributed by atoms with Crippen LogP contribution in [0.15, 0.2) is 34.9 Å². The van der Waals surface area contributed by atoms with E-state index in [0.717, 1.165) is 38.9 Å². The third-order valence-corrected chi connectivity index (χ3v) is 5.76. The Hall–Kier alpha value is -2.74. The van der Waals surface area contributed by atoms with Gasteiger partial charge in [-0.15, -0.1) is 0 Å². The molecule has 2 aliphatic heterocycles. The number of likely N-dealkylation sites (tertiary alicyclic amines) is 2. The molecule has 0 radical (unpaired) electrons. The molecule has 2 N–H and O–H groups in total. The van der Waals surface area contributed by atoms with Gasteiger partial charge in [-0.05, 0) is 30.7 Å². The lowest BCUT2D eigenvalue weighted by molar-refractivity contribution is -0.141. The zero-order valence-electron chi connectivity index (χ0n) is 15.8. The van der Waals surface area contributed by atoms with Crippen LogP contribution >= 0.6 is 0 Å². The van der Waals surface area contributed by atoms with Crippen molar-refractivity contribution in [3.8, 4) is 0 Å². The number of hydrogen-bond acceptors (Lipinski definition) is 6. The normalized spacial score (nSPS) is 22.9. The minimum absolute atomic E-state index is 0.0831. The lowest BCUT2D eigenvalue weighted by Gasteiger charge is -2.47. The van der Waals surface area contributed by atoms with Gasteiger partial charge in [0.25, 0.3) is 11.7 Å². The van der Waals surface area contributed by atoms with E-state index in [1.807, 2.05) is 18.2 Å². The molecule has 3 heterocycles. The van der Waals surface area contributed by atoms with Crippen molar-refractivity contribution in [3.63, 3.8) is 0 Å². The summed E-state index contributed by atoms with van der Waals surface area (Å²) in [5.74, 6) is 0.350. The first-order chi connectivity index (χ1) is 13.6. The van der Waals surface area contributed by atoms with Crippen LogP contribution in [-0.4, -0.2) is 57.4 Å². The number of piperidine rings is 2. The zero-order chi connectivity index (χ0) is 19.5. The fraction of sp³-hybridized carbons (Fsp3) is 0.500. The highest BCUT2D eigenvalue weighted by atomic mass is 16.5. The van der Waals surface area contributed by atoms with Gasteiger partial charge in [0.2, 0.25) is 11.8 Å². The molecular formula is C20H25N5O3. The van der Waals surface area contributed by atoms with Crippen LogP contribution in [-0.2, 0) is 17.8 Å². The summed E-state index contributed by atoms with van der Waals surface area (Å²) < 4.78 is 5.12. The van der Waals surface area contributed by atoms with Gasteiger partial charge in [-0.3, -0.25) is 14.5 Å². The second-order valence-electron chi connectivity index (χ2n) is 7.59. The van der Waals surface area contributed by atoms with Gasteiger partial charge in [0.15, 0.2) is 0 Å². The molecule has 0 spiro atoms. The first-order valence-corrected chi connectivity index (χ1v) is 9.78. The number of aromatic nitrogens is 2. The van der Waals surface area contributed by atoms with Gasteiger partial charge in [0.05, 0.1) is 6.54 Å². The fourth-order valence-corrected chi connectivity index (χ4v) is 4.37. The van der Waals surface area contributed by atoms with Gasteiger partial charge in [-0.2, -0.15) is 4.98 Å². The lowest BCUT2D eigenvalue weighted by atomic mass is 9.83. The van der Waals surface area contributed by atoms with Crippen LogP contribution in [0.1, 0.15) is 41.3 Å². The molecule has 2 saturated heterocycles. The number of amides is 2. The smallest absolute Gasteiger partial charge is 0.290 e. The van der Waals surface area contributed by atoms with Crippen LogP contribution in [0, 0.1) is 5.92 Å². The summed E-state index contributed by atoms with van der Waals surface area (Å²) >= 11 is 0. The number of rotatable bonds is 6. The maximum absolute atomic E-state index is 12.5. The van der Waals surface area contributed by atoms with Crippen LogP contribution in [0.25, 0.3) is 0 Å². The molecule has 8 heteroatoms. The molecule has 1 aromatic carbocycles. The topological polar surface area (TPSA) is 106 Å². The van der Waals surface area contributed by atoms with Crippen LogP contribution in [0.5, 0.6) is 0 Å². The Morgan fingerprint density at radius 3 is 2.82 bits per heavy atom. The lowest BCUT2D eigenvalue weighted by Crippen LogP contribution is -2.56. The van der Waals surface area contributed by atoms with Crippen molar-refractivity contribution >= 4 is 11.8 Å². The van der Waals surface area contributed by atoms with E-state index >= 15 is 0 Å². The molecule has 0 bridgehead atoms. The van der Waals surface area contributed by atoms with E-state index in [2.05, 4.69) is 32.1 Å². The summed E-state index contributed by atoms with van der Waals surface area (Å²) in [5.41, 5.74) is 6.43. The Bertz CT molecular complexity index is 837. The van der Waals surface area contributed by atoms with Crippen molar-refractivity contribution in [2.75, 3.05) is 19.6 Å². The van der Waals surface area contributed by atoms with Gasteiger partial charge in [0.1, 0.15) is 0 Å². The van der Waals surface area contributed by atoms with Crippen molar-refractivity contribution in [1.82, 2.24) is 19.9 Å². The van der Waals surface area contributed by atoms with E-state index < -0.39 is 5.91 Å². The average Bonchev–Trinajstić information content (AvgIpc) is 3.17. The summed E-state index contributed by atoms with van der Waals surface area (Å²) in [6, 6.07) is 10.6. The van der Waals surface area contributed by atoms with Crippen LogP contribution in [0.3, 0.4) is 0 Å². The Balaban J connectivity index is 1.36.